The summed E-state index contributed by atoms with van der Waals surface area (Å²) in [4.78, 5) is 14.3. The van der Waals surface area contributed by atoms with E-state index >= 15 is 0 Å². The normalized spacial score (nSPS) is 28.6. The first-order valence-electron chi connectivity index (χ1n) is 8.03. The first kappa shape index (κ1) is 14.6. The van der Waals surface area contributed by atoms with E-state index in [0.717, 1.165) is 45.3 Å². The quantitative estimate of drug-likeness (QED) is 0.821. The van der Waals surface area contributed by atoms with Gasteiger partial charge in [-0.2, -0.15) is 0 Å². The third-order valence-corrected chi connectivity index (χ3v) is 4.69. The van der Waals surface area contributed by atoms with E-state index in [4.69, 9.17) is 0 Å². The van der Waals surface area contributed by atoms with E-state index in [0.29, 0.717) is 18.0 Å². The molecule has 1 aliphatic heterocycles. The maximum atomic E-state index is 12.3. The zero-order valence-corrected chi connectivity index (χ0v) is 12.5. The number of nitrogens with zero attached hydrogens (tertiary/aromatic N) is 1. The van der Waals surface area contributed by atoms with Crippen molar-refractivity contribution in [3.8, 4) is 0 Å². The molecule has 2 N–H and O–H groups in total. The van der Waals surface area contributed by atoms with Crippen LogP contribution in [0.5, 0.6) is 0 Å². The highest BCUT2D eigenvalue weighted by atomic mass is 16.2. The van der Waals surface area contributed by atoms with Crippen LogP contribution in [0.3, 0.4) is 0 Å². The van der Waals surface area contributed by atoms with E-state index in [1.165, 1.54) is 12.8 Å². The van der Waals surface area contributed by atoms with E-state index in [1.807, 2.05) is 4.90 Å². The van der Waals surface area contributed by atoms with Crippen molar-refractivity contribution >= 4 is 6.03 Å². The van der Waals surface area contributed by atoms with Gasteiger partial charge in [-0.15, -0.1) is 0 Å². The second-order valence-electron chi connectivity index (χ2n) is 6.00. The topological polar surface area (TPSA) is 44.4 Å². The second kappa shape index (κ2) is 7.13. The number of carbonyl (C=O) groups is 1. The molecular weight excluding hydrogens is 238 g/mol. The zero-order valence-electron chi connectivity index (χ0n) is 12.5. The lowest BCUT2D eigenvalue weighted by molar-refractivity contribution is 0.140. The van der Waals surface area contributed by atoms with Crippen LogP contribution in [0.15, 0.2) is 0 Å². The number of nitrogens with one attached hydrogen (secondary N) is 2. The van der Waals surface area contributed by atoms with Gasteiger partial charge >= 0.3 is 6.03 Å². The molecule has 2 aliphatic rings. The standard InChI is InChI=1S/C15H29N3O/c1-3-12-11-18(10-9-14(12)16-4-2)15(19)17-13-7-5-6-8-13/h12-14,16H,3-11H2,1-2H3,(H,17,19). The first-order valence-corrected chi connectivity index (χ1v) is 8.03. The maximum Gasteiger partial charge on any atom is 0.317 e. The van der Waals surface area contributed by atoms with Gasteiger partial charge in [-0.3, -0.25) is 0 Å². The molecule has 0 bridgehead atoms. The van der Waals surface area contributed by atoms with Gasteiger partial charge in [0.15, 0.2) is 0 Å². The third kappa shape index (κ3) is 3.85. The van der Waals surface area contributed by atoms with E-state index in [1.54, 1.807) is 0 Å². The number of likely N-dealkylation sites (tertiary alicyclic amines) is 1. The van der Waals surface area contributed by atoms with E-state index < -0.39 is 0 Å². The predicted molar refractivity (Wildman–Crippen MR) is 78.2 cm³/mol. The van der Waals surface area contributed by atoms with E-state index in [2.05, 4.69) is 24.5 Å². The number of hydrogen-bond acceptors (Lipinski definition) is 2. The van der Waals surface area contributed by atoms with Crippen molar-refractivity contribution < 1.29 is 4.79 Å². The summed E-state index contributed by atoms with van der Waals surface area (Å²) < 4.78 is 0. The molecule has 4 heteroatoms. The molecule has 2 rings (SSSR count). The molecule has 0 aromatic carbocycles. The van der Waals surface area contributed by atoms with Crippen molar-refractivity contribution in [1.29, 1.82) is 0 Å². The van der Waals surface area contributed by atoms with Crippen molar-refractivity contribution in [3.05, 3.63) is 0 Å². The number of urea groups is 1. The molecule has 2 atom stereocenters. The van der Waals surface area contributed by atoms with Crippen LogP contribution in [0.2, 0.25) is 0 Å². The van der Waals surface area contributed by atoms with Gasteiger partial charge in [0.2, 0.25) is 0 Å². The van der Waals surface area contributed by atoms with Gasteiger partial charge in [0.05, 0.1) is 0 Å². The molecule has 1 aliphatic carbocycles. The van der Waals surface area contributed by atoms with Crippen LogP contribution in [0.25, 0.3) is 0 Å². The molecule has 0 aromatic heterocycles. The van der Waals surface area contributed by atoms with Crippen LogP contribution in [0.1, 0.15) is 52.4 Å². The smallest absolute Gasteiger partial charge is 0.317 e. The largest absolute Gasteiger partial charge is 0.335 e. The molecule has 2 unspecified atom stereocenters. The van der Waals surface area contributed by atoms with E-state index in [9.17, 15) is 4.79 Å². The highest BCUT2D eigenvalue weighted by Gasteiger charge is 2.30. The monoisotopic (exact) mass is 267 g/mol. The average molecular weight is 267 g/mol. The molecule has 0 radical (unpaired) electrons. The fourth-order valence-corrected chi connectivity index (χ4v) is 3.50. The van der Waals surface area contributed by atoms with Gasteiger partial charge in [0, 0.05) is 25.2 Å². The minimum atomic E-state index is 0.167. The summed E-state index contributed by atoms with van der Waals surface area (Å²) >= 11 is 0. The van der Waals surface area contributed by atoms with Gasteiger partial charge in [0.1, 0.15) is 0 Å². The first-order chi connectivity index (χ1) is 9.24. The number of piperidine rings is 1. The van der Waals surface area contributed by atoms with Gasteiger partial charge in [-0.25, -0.2) is 4.79 Å². The molecular formula is C15H29N3O. The van der Waals surface area contributed by atoms with Crippen molar-refractivity contribution in [3.63, 3.8) is 0 Å². The van der Waals surface area contributed by atoms with Crippen LogP contribution in [-0.4, -0.2) is 42.6 Å². The summed E-state index contributed by atoms with van der Waals surface area (Å²) in [6.45, 7) is 7.22. The number of amides is 2. The fourth-order valence-electron chi connectivity index (χ4n) is 3.50. The van der Waals surface area contributed by atoms with E-state index in [-0.39, 0.29) is 6.03 Å². The van der Waals surface area contributed by atoms with Gasteiger partial charge in [0.25, 0.3) is 0 Å². The Hall–Kier alpha value is -0.770. The van der Waals surface area contributed by atoms with Crippen molar-refractivity contribution in [2.75, 3.05) is 19.6 Å². The molecule has 4 nitrogen and oxygen atoms in total. The highest BCUT2D eigenvalue weighted by Crippen LogP contribution is 2.22. The fraction of sp³-hybridized carbons (Fsp3) is 0.933. The molecule has 1 saturated carbocycles. The summed E-state index contributed by atoms with van der Waals surface area (Å²) in [6, 6.07) is 1.19. The highest BCUT2D eigenvalue weighted by molar-refractivity contribution is 5.74. The predicted octanol–water partition coefficient (Wildman–Crippen LogP) is 2.35. The Morgan fingerprint density at radius 2 is 1.95 bits per heavy atom. The summed E-state index contributed by atoms with van der Waals surface area (Å²) in [6.07, 6.45) is 7.10. The van der Waals surface area contributed by atoms with Crippen LogP contribution in [0, 0.1) is 5.92 Å². The molecule has 2 fully saturated rings. The van der Waals surface area contributed by atoms with Crippen molar-refractivity contribution in [2.45, 2.75) is 64.5 Å². The van der Waals surface area contributed by atoms with Gasteiger partial charge < -0.3 is 15.5 Å². The van der Waals surface area contributed by atoms with Crippen molar-refractivity contribution in [2.24, 2.45) is 5.92 Å². The molecule has 19 heavy (non-hydrogen) atoms. The molecule has 110 valence electrons. The Labute approximate surface area is 117 Å². The average Bonchev–Trinajstić information content (AvgIpc) is 2.92. The molecule has 2 amide bonds. The molecule has 0 spiro atoms. The minimum absolute atomic E-state index is 0.167. The second-order valence-corrected chi connectivity index (χ2v) is 6.00. The summed E-state index contributed by atoms with van der Waals surface area (Å²) in [7, 11) is 0. The zero-order chi connectivity index (χ0) is 13.7. The third-order valence-electron chi connectivity index (χ3n) is 4.69. The lowest BCUT2D eigenvalue weighted by Crippen LogP contribution is -2.54. The van der Waals surface area contributed by atoms with Crippen LogP contribution in [-0.2, 0) is 0 Å². The number of carbonyl (C=O) groups excluding carboxylic acids is 1. The summed E-state index contributed by atoms with van der Waals surface area (Å²) in [5.74, 6) is 0.600. The van der Waals surface area contributed by atoms with Crippen LogP contribution in [0.4, 0.5) is 4.79 Å². The maximum absolute atomic E-state index is 12.3. The Bertz CT molecular complexity index is 289. The number of hydrogen-bond donors (Lipinski definition) is 2. The van der Waals surface area contributed by atoms with Crippen molar-refractivity contribution in [1.82, 2.24) is 15.5 Å². The van der Waals surface area contributed by atoms with Crippen LogP contribution < -0.4 is 10.6 Å². The Morgan fingerprint density at radius 3 is 2.58 bits per heavy atom. The molecule has 0 aromatic rings. The lowest BCUT2D eigenvalue weighted by atomic mass is 9.90. The molecule has 1 heterocycles. The van der Waals surface area contributed by atoms with Crippen LogP contribution >= 0.6 is 0 Å². The van der Waals surface area contributed by atoms with Gasteiger partial charge in [-0.05, 0) is 31.7 Å². The SMILES string of the molecule is CCNC1CCN(C(=O)NC2CCCC2)CC1CC. The number of rotatable bonds is 4. The Kier molecular flexibility index (Phi) is 5.49. The van der Waals surface area contributed by atoms with Gasteiger partial charge in [-0.1, -0.05) is 33.1 Å². The summed E-state index contributed by atoms with van der Waals surface area (Å²) in [5.41, 5.74) is 0. The minimum Gasteiger partial charge on any atom is -0.335 e. The lowest BCUT2D eigenvalue weighted by Gasteiger charge is -2.39. The summed E-state index contributed by atoms with van der Waals surface area (Å²) in [5, 5.41) is 6.77. The molecule has 1 saturated heterocycles. The Balaban J connectivity index is 1.82. The Morgan fingerprint density at radius 1 is 1.21 bits per heavy atom.